The Morgan fingerprint density at radius 1 is 1.37 bits per heavy atom. The molecule has 2 unspecified atom stereocenters. The molecule has 0 amide bonds. The zero-order chi connectivity index (χ0) is 13.4. The number of ether oxygens (including phenoxy) is 1. The molecule has 1 aliphatic heterocycles. The van der Waals surface area contributed by atoms with Gasteiger partial charge in [-0.3, -0.25) is 0 Å². The summed E-state index contributed by atoms with van der Waals surface area (Å²) in [5, 5.41) is 12.4. The monoisotopic (exact) mass is 325 g/mol. The van der Waals surface area contributed by atoms with Crippen LogP contribution in [0.3, 0.4) is 0 Å². The summed E-state index contributed by atoms with van der Waals surface area (Å²) < 4.78 is 6.58. The number of carboxylic acids is 1. The number of anilines is 1. The van der Waals surface area contributed by atoms with Crippen molar-refractivity contribution < 1.29 is 14.6 Å². The first-order valence-electron chi connectivity index (χ1n) is 6.56. The molecule has 1 saturated carbocycles. The average molecular weight is 326 g/mol. The second-order valence-corrected chi connectivity index (χ2v) is 6.07. The van der Waals surface area contributed by atoms with Crippen LogP contribution >= 0.6 is 15.9 Å². The lowest BCUT2D eigenvalue weighted by molar-refractivity contribution is 0.0697. The first-order chi connectivity index (χ1) is 9.15. The van der Waals surface area contributed by atoms with Gasteiger partial charge in [-0.1, -0.05) is 0 Å². The van der Waals surface area contributed by atoms with Crippen LogP contribution in [0.4, 0.5) is 5.69 Å². The number of nitrogens with one attached hydrogen (secondary N) is 1. The van der Waals surface area contributed by atoms with E-state index in [4.69, 9.17) is 9.84 Å². The summed E-state index contributed by atoms with van der Waals surface area (Å²) >= 11 is 3.43. The van der Waals surface area contributed by atoms with Crippen LogP contribution < -0.4 is 5.32 Å². The highest BCUT2D eigenvalue weighted by Gasteiger charge is 2.40. The van der Waals surface area contributed by atoms with E-state index in [2.05, 4.69) is 21.2 Å². The van der Waals surface area contributed by atoms with Crippen molar-refractivity contribution in [2.75, 3.05) is 11.9 Å². The van der Waals surface area contributed by atoms with Gasteiger partial charge in [0.15, 0.2) is 0 Å². The largest absolute Gasteiger partial charge is 0.478 e. The zero-order valence-electron chi connectivity index (χ0n) is 10.4. The molecule has 1 saturated heterocycles. The van der Waals surface area contributed by atoms with Crippen molar-refractivity contribution in [2.24, 2.45) is 5.92 Å². The fraction of sp³-hybridized carbons (Fsp3) is 0.500. The van der Waals surface area contributed by atoms with Crippen molar-refractivity contribution in [1.82, 2.24) is 0 Å². The molecule has 0 aromatic heterocycles. The van der Waals surface area contributed by atoms with E-state index in [9.17, 15) is 4.79 Å². The molecule has 2 aliphatic rings. The van der Waals surface area contributed by atoms with Crippen molar-refractivity contribution in [3.63, 3.8) is 0 Å². The Labute approximate surface area is 120 Å². The molecule has 4 nitrogen and oxygen atoms in total. The van der Waals surface area contributed by atoms with Gasteiger partial charge in [-0.15, -0.1) is 0 Å². The maximum Gasteiger partial charge on any atom is 0.335 e. The second kappa shape index (κ2) is 5.13. The molecule has 1 aromatic carbocycles. The van der Waals surface area contributed by atoms with Gasteiger partial charge in [-0.25, -0.2) is 4.79 Å². The number of carboxylic acid groups (broad SMARTS) is 1. The van der Waals surface area contributed by atoms with Crippen LogP contribution in [0, 0.1) is 5.92 Å². The van der Waals surface area contributed by atoms with Gasteiger partial charge in [-0.05, 0) is 59.3 Å². The summed E-state index contributed by atoms with van der Waals surface area (Å²) in [6.07, 6.45) is 3.85. The molecule has 2 fully saturated rings. The van der Waals surface area contributed by atoms with E-state index in [1.165, 1.54) is 12.8 Å². The third kappa shape index (κ3) is 2.77. The van der Waals surface area contributed by atoms with Crippen molar-refractivity contribution in [1.29, 1.82) is 0 Å². The predicted octanol–water partition coefficient (Wildman–Crippen LogP) is 3.13. The number of hydrogen-bond donors (Lipinski definition) is 2. The fourth-order valence-corrected chi connectivity index (χ4v) is 3.11. The SMILES string of the molecule is O=C(O)c1ccc(NC2CCOC2C2CC2)c(Br)c1. The third-order valence-electron chi connectivity index (χ3n) is 3.78. The molecular formula is C14H16BrNO3. The maximum atomic E-state index is 10.9. The molecule has 3 rings (SSSR count). The molecule has 5 heteroatoms. The number of carbonyl (C=O) groups is 1. The summed E-state index contributed by atoms with van der Waals surface area (Å²) in [7, 11) is 0. The van der Waals surface area contributed by atoms with Crippen molar-refractivity contribution >= 4 is 27.6 Å². The molecule has 1 heterocycles. The Morgan fingerprint density at radius 2 is 2.16 bits per heavy atom. The lowest BCUT2D eigenvalue weighted by atomic mass is 10.1. The first-order valence-corrected chi connectivity index (χ1v) is 7.35. The van der Waals surface area contributed by atoms with E-state index in [0.29, 0.717) is 23.6 Å². The van der Waals surface area contributed by atoms with E-state index in [1.54, 1.807) is 12.1 Å². The van der Waals surface area contributed by atoms with Gasteiger partial charge >= 0.3 is 5.97 Å². The third-order valence-corrected chi connectivity index (χ3v) is 4.44. The van der Waals surface area contributed by atoms with Crippen LogP contribution in [-0.2, 0) is 4.74 Å². The molecule has 2 atom stereocenters. The average Bonchev–Trinajstić information content (AvgIpc) is 3.12. The molecule has 1 aromatic rings. The minimum Gasteiger partial charge on any atom is -0.478 e. The van der Waals surface area contributed by atoms with Gasteiger partial charge in [0, 0.05) is 16.8 Å². The van der Waals surface area contributed by atoms with E-state index in [0.717, 1.165) is 23.2 Å². The number of benzene rings is 1. The number of aromatic carboxylic acids is 1. The van der Waals surface area contributed by atoms with Gasteiger partial charge in [0.2, 0.25) is 0 Å². The highest BCUT2D eigenvalue weighted by atomic mass is 79.9. The molecule has 0 spiro atoms. The second-order valence-electron chi connectivity index (χ2n) is 5.21. The Hall–Kier alpha value is -1.07. The van der Waals surface area contributed by atoms with E-state index in [-0.39, 0.29) is 0 Å². The zero-order valence-corrected chi connectivity index (χ0v) is 12.0. The number of hydrogen-bond acceptors (Lipinski definition) is 3. The minimum atomic E-state index is -0.910. The Balaban J connectivity index is 1.73. The van der Waals surface area contributed by atoms with Crippen LogP contribution in [0.5, 0.6) is 0 Å². The lowest BCUT2D eigenvalue weighted by Crippen LogP contribution is -2.31. The van der Waals surface area contributed by atoms with Gasteiger partial charge in [0.25, 0.3) is 0 Å². The van der Waals surface area contributed by atoms with E-state index < -0.39 is 5.97 Å². The highest BCUT2D eigenvalue weighted by molar-refractivity contribution is 9.10. The summed E-state index contributed by atoms with van der Waals surface area (Å²) in [5.74, 6) is -0.204. The van der Waals surface area contributed by atoms with Crippen molar-refractivity contribution in [3.8, 4) is 0 Å². The maximum absolute atomic E-state index is 10.9. The first kappa shape index (κ1) is 12.9. The molecule has 2 N–H and O–H groups in total. The molecule has 1 aliphatic carbocycles. The summed E-state index contributed by atoms with van der Waals surface area (Å²) in [6, 6.07) is 5.40. The Bertz CT molecular complexity index is 501. The standard InChI is InChI=1S/C14H16BrNO3/c15-10-7-9(14(17)18)3-4-11(10)16-12-5-6-19-13(12)8-1-2-8/h3-4,7-8,12-13,16H,1-2,5-6H2,(H,17,18). The minimum absolute atomic E-state index is 0.291. The summed E-state index contributed by atoms with van der Waals surface area (Å²) in [6.45, 7) is 0.809. The highest BCUT2D eigenvalue weighted by Crippen LogP contribution is 2.40. The van der Waals surface area contributed by atoms with Gasteiger partial charge < -0.3 is 15.2 Å². The van der Waals surface area contributed by atoms with Crippen LogP contribution in [0.15, 0.2) is 22.7 Å². The summed E-state index contributed by atoms with van der Waals surface area (Å²) in [5.41, 5.74) is 1.23. The summed E-state index contributed by atoms with van der Waals surface area (Å²) in [4.78, 5) is 10.9. The molecule has 0 radical (unpaired) electrons. The predicted molar refractivity (Wildman–Crippen MR) is 75.6 cm³/mol. The van der Waals surface area contributed by atoms with Gasteiger partial charge in [0.1, 0.15) is 0 Å². The molecular weight excluding hydrogens is 310 g/mol. The van der Waals surface area contributed by atoms with Crippen molar-refractivity contribution in [3.05, 3.63) is 28.2 Å². The topological polar surface area (TPSA) is 58.6 Å². The van der Waals surface area contributed by atoms with E-state index in [1.807, 2.05) is 6.07 Å². The molecule has 0 bridgehead atoms. The van der Waals surface area contributed by atoms with Gasteiger partial charge in [0.05, 0.1) is 17.7 Å². The lowest BCUT2D eigenvalue weighted by Gasteiger charge is -2.21. The smallest absolute Gasteiger partial charge is 0.335 e. The quantitative estimate of drug-likeness (QED) is 0.892. The normalized spacial score (nSPS) is 26.4. The fourth-order valence-electron chi connectivity index (χ4n) is 2.62. The van der Waals surface area contributed by atoms with Gasteiger partial charge in [-0.2, -0.15) is 0 Å². The Kier molecular flexibility index (Phi) is 3.50. The van der Waals surface area contributed by atoms with Crippen LogP contribution in [0.25, 0.3) is 0 Å². The van der Waals surface area contributed by atoms with Crippen LogP contribution in [0.1, 0.15) is 29.6 Å². The van der Waals surface area contributed by atoms with Crippen LogP contribution in [-0.4, -0.2) is 29.8 Å². The number of halogens is 1. The van der Waals surface area contributed by atoms with Crippen molar-refractivity contribution in [2.45, 2.75) is 31.4 Å². The van der Waals surface area contributed by atoms with Crippen LogP contribution in [0.2, 0.25) is 0 Å². The number of rotatable bonds is 4. The Morgan fingerprint density at radius 3 is 2.79 bits per heavy atom. The van der Waals surface area contributed by atoms with E-state index >= 15 is 0 Å². The molecule has 19 heavy (non-hydrogen) atoms. The molecule has 102 valence electrons.